The summed E-state index contributed by atoms with van der Waals surface area (Å²) < 4.78 is 11.2. The predicted octanol–water partition coefficient (Wildman–Crippen LogP) is 7.95. The minimum Gasteiger partial charge on any atom is -0.198 e. The van der Waals surface area contributed by atoms with Crippen LogP contribution in [-0.2, 0) is 12.5 Å². The summed E-state index contributed by atoms with van der Waals surface area (Å²) >= 11 is 0. The van der Waals surface area contributed by atoms with Crippen molar-refractivity contribution in [3.63, 3.8) is 0 Å². The van der Waals surface area contributed by atoms with Crippen LogP contribution in [0.15, 0.2) is 36.4 Å². The van der Waals surface area contributed by atoms with Gasteiger partial charge in [0.1, 0.15) is 7.05 Å². The highest BCUT2D eigenvalue weighted by Crippen LogP contribution is 2.37. The molecule has 0 aliphatic rings. The first kappa shape index (κ1) is 22.1. The summed E-state index contributed by atoms with van der Waals surface area (Å²) in [6, 6.07) is 12.2. The molecule has 1 heterocycles. The molecule has 1 aromatic heterocycles. The maximum atomic E-state index is 8.96. The molecule has 3 rings (SSSR count). The first-order valence-electron chi connectivity index (χ1n) is 12.3. The Morgan fingerprint density at radius 1 is 0.903 bits per heavy atom. The van der Waals surface area contributed by atoms with Crippen LogP contribution in [0.25, 0.3) is 22.0 Å². The van der Waals surface area contributed by atoms with Gasteiger partial charge in [-0.25, -0.2) is 0 Å². The second-order valence-corrected chi connectivity index (χ2v) is 11.2. The molecule has 0 aliphatic heterocycles. The lowest BCUT2D eigenvalue weighted by atomic mass is 9.79. The SMILES string of the molecule is [2H]c1c(C)[n+](C)c(-c2cc(C(C)(C)C)cc(C)c2C)c2ccc(C(C(C)C)C(C)C)cc12. The van der Waals surface area contributed by atoms with Gasteiger partial charge in [-0.3, -0.25) is 0 Å². The second-order valence-electron chi connectivity index (χ2n) is 11.2. The van der Waals surface area contributed by atoms with Crippen LogP contribution in [0, 0.1) is 32.6 Å². The number of benzene rings is 2. The number of aromatic nitrogens is 1. The van der Waals surface area contributed by atoms with Crippen molar-refractivity contribution >= 4 is 10.8 Å². The number of fused-ring (bicyclic) bond motifs is 1. The topological polar surface area (TPSA) is 3.88 Å². The monoisotopic (exact) mass is 417 g/mol. The standard InChI is InChI=1S/C30H42N/c1-18(2)28(19(3)4)23-12-13-26-24(16-23)15-21(6)31(11)29(26)27-17-25(30(8,9)10)14-20(5)22(27)7/h12-19,28H,1-11H3/q+1/i15D. The Balaban J connectivity index is 2.41. The van der Waals surface area contributed by atoms with Crippen molar-refractivity contribution in [1.29, 1.82) is 0 Å². The van der Waals surface area contributed by atoms with Crippen molar-refractivity contribution in [2.24, 2.45) is 18.9 Å². The molecule has 0 saturated heterocycles. The molecule has 0 atom stereocenters. The summed E-state index contributed by atoms with van der Waals surface area (Å²) in [5.74, 6) is 1.62. The lowest BCUT2D eigenvalue weighted by Crippen LogP contribution is -2.35. The molecule has 0 saturated carbocycles. The summed E-state index contributed by atoms with van der Waals surface area (Å²) in [5.41, 5.74) is 8.94. The summed E-state index contributed by atoms with van der Waals surface area (Å²) in [4.78, 5) is 0. The molecule has 0 amide bonds. The molecule has 0 aliphatic carbocycles. The molecule has 166 valence electrons. The molecule has 1 heteroatoms. The van der Waals surface area contributed by atoms with Crippen LogP contribution in [-0.4, -0.2) is 0 Å². The largest absolute Gasteiger partial charge is 0.220 e. The number of hydrogen-bond acceptors (Lipinski definition) is 0. The molecule has 0 fully saturated rings. The Labute approximate surface area is 191 Å². The van der Waals surface area contributed by atoms with E-state index >= 15 is 0 Å². The van der Waals surface area contributed by atoms with Gasteiger partial charge in [0.2, 0.25) is 5.69 Å². The van der Waals surface area contributed by atoms with Crippen molar-refractivity contribution in [1.82, 2.24) is 0 Å². The first-order chi connectivity index (χ1) is 14.8. The Kier molecular flexibility index (Phi) is 5.99. The van der Waals surface area contributed by atoms with E-state index in [9.17, 15) is 0 Å². The van der Waals surface area contributed by atoms with E-state index in [1.807, 2.05) is 0 Å². The summed E-state index contributed by atoms with van der Waals surface area (Å²) in [5, 5.41) is 2.24. The Bertz CT molecular complexity index is 1150. The predicted molar refractivity (Wildman–Crippen MR) is 136 cm³/mol. The fraction of sp³-hybridized carbons (Fsp3) is 0.500. The van der Waals surface area contributed by atoms with Gasteiger partial charge in [-0.2, -0.15) is 4.57 Å². The van der Waals surface area contributed by atoms with Gasteiger partial charge in [0.25, 0.3) is 0 Å². The van der Waals surface area contributed by atoms with Crippen molar-refractivity contribution in [2.75, 3.05) is 0 Å². The van der Waals surface area contributed by atoms with Crippen LogP contribution in [0.4, 0.5) is 0 Å². The number of pyridine rings is 1. The van der Waals surface area contributed by atoms with Crippen LogP contribution in [0.3, 0.4) is 0 Å². The van der Waals surface area contributed by atoms with Crippen molar-refractivity contribution in [3.05, 3.63) is 64.3 Å². The van der Waals surface area contributed by atoms with Crippen LogP contribution < -0.4 is 4.57 Å². The van der Waals surface area contributed by atoms with Crippen LogP contribution in [0.5, 0.6) is 0 Å². The third-order valence-corrected chi connectivity index (χ3v) is 7.06. The zero-order valence-corrected chi connectivity index (χ0v) is 21.6. The molecular formula is C30H42N+. The zero-order chi connectivity index (χ0) is 24.1. The Morgan fingerprint density at radius 2 is 1.52 bits per heavy atom. The van der Waals surface area contributed by atoms with E-state index in [0.29, 0.717) is 23.8 Å². The smallest absolute Gasteiger partial charge is 0.198 e. The summed E-state index contributed by atoms with van der Waals surface area (Å²) in [7, 11) is 2.11. The van der Waals surface area contributed by atoms with Crippen LogP contribution >= 0.6 is 0 Å². The van der Waals surface area contributed by atoms with Gasteiger partial charge in [0.15, 0.2) is 5.69 Å². The molecule has 1 nitrogen and oxygen atoms in total. The number of aryl methyl sites for hydroxylation is 1. The van der Waals surface area contributed by atoms with Gasteiger partial charge in [0, 0.05) is 13.0 Å². The summed E-state index contributed by atoms with van der Waals surface area (Å²) in [6.07, 6.45) is 0. The highest BCUT2D eigenvalue weighted by Gasteiger charge is 2.25. The Morgan fingerprint density at radius 3 is 2.06 bits per heavy atom. The zero-order valence-electron chi connectivity index (χ0n) is 22.6. The van der Waals surface area contributed by atoms with Gasteiger partial charge in [-0.1, -0.05) is 66.7 Å². The third kappa shape index (κ3) is 4.43. The van der Waals surface area contributed by atoms with E-state index in [4.69, 9.17) is 1.37 Å². The van der Waals surface area contributed by atoms with E-state index in [2.05, 4.69) is 111 Å². The molecule has 31 heavy (non-hydrogen) atoms. The molecule has 0 radical (unpaired) electrons. The van der Waals surface area contributed by atoms with Gasteiger partial charge in [0.05, 0.1) is 12.3 Å². The number of hydrogen-bond donors (Lipinski definition) is 0. The summed E-state index contributed by atoms with van der Waals surface area (Å²) in [6.45, 7) is 22.6. The van der Waals surface area contributed by atoms with E-state index in [1.165, 1.54) is 38.9 Å². The van der Waals surface area contributed by atoms with Crippen LogP contribution in [0.2, 0.25) is 0 Å². The maximum Gasteiger partial charge on any atom is 0.220 e. The van der Waals surface area contributed by atoms with E-state index < -0.39 is 0 Å². The average Bonchev–Trinajstić information content (AvgIpc) is 2.68. The van der Waals surface area contributed by atoms with Gasteiger partial charge in [-0.05, 0) is 76.8 Å². The molecule has 0 N–H and O–H groups in total. The van der Waals surface area contributed by atoms with E-state index in [1.54, 1.807) is 0 Å². The molecule has 0 unspecified atom stereocenters. The quantitative estimate of drug-likeness (QED) is 0.379. The minimum absolute atomic E-state index is 0.0842. The second kappa shape index (κ2) is 8.41. The molecule has 0 bridgehead atoms. The van der Waals surface area contributed by atoms with Crippen molar-refractivity contribution in [2.45, 2.75) is 80.6 Å². The number of rotatable bonds is 4. The third-order valence-electron chi connectivity index (χ3n) is 7.06. The van der Waals surface area contributed by atoms with Gasteiger partial charge >= 0.3 is 0 Å². The van der Waals surface area contributed by atoms with Crippen LogP contribution in [0.1, 0.15) is 83.7 Å². The fourth-order valence-electron chi connectivity index (χ4n) is 5.11. The Hall–Kier alpha value is -2.15. The normalized spacial score (nSPS) is 13.0. The van der Waals surface area contributed by atoms with Gasteiger partial charge in [-0.15, -0.1) is 0 Å². The fourth-order valence-corrected chi connectivity index (χ4v) is 5.11. The molecule has 2 aromatic carbocycles. The van der Waals surface area contributed by atoms with E-state index in [0.717, 1.165) is 11.1 Å². The highest BCUT2D eigenvalue weighted by atomic mass is 14.9. The van der Waals surface area contributed by atoms with Crippen molar-refractivity contribution in [3.8, 4) is 11.3 Å². The lowest BCUT2D eigenvalue weighted by Gasteiger charge is -2.26. The molecule has 0 spiro atoms. The molecular weight excluding hydrogens is 374 g/mol. The first-order valence-corrected chi connectivity index (χ1v) is 11.8. The highest BCUT2D eigenvalue weighted by molar-refractivity contribution is 5.94. The average molecular weight is 418 g/mol. The van der Waals surface area contributed by atoms with E-state index in [-0.39, 0.29) is 5.41 Å². The van der Waals surface area contributed by atoms with Gasteiger partial charge < -0.3 is 0 Å². The maximum absolute atomic E-state index is 8.96. The lowest BCUT2D eigenvalue weighted by molar-refractivity contribution is -0.665. The van der Waals surface area contributed by atoms with Crippen molar-refractivity contribution < 1.29 is 5.94 Å². The number of nitrogens with zero attached hydrogens (tertiary/aromatic N) is 1. The minimum atomic E-state index is 0.0842. The molecule has 3 aromatic rings.